The third-order valence-electron chi connectivity index (χ3n) is 5.04. The van der Waals surface area contributed by atoms with Gasteiger partial charge in [0.25, 0.3) is 0 Å². The van der Waals surface area contributed by atoms with Crippen LogP contribution in [0.25, 0.3) is 0 Å². The largest absolute Gasteiger partial charge is 0.445 e. The van der Waals surface area contributed by atoms with E-state index in [-0.39, 0.29) is 24.8 Å². The van der Waals surface area contributed by atoms with Crippen molar-refractivity contribution in [1.82, 2.24) is 4.90 Å². The Morgan fingerprint density at radius 3 is 2.54 bits per heavy atom. The van der Waals surface area contributed by atoms with Gasteiger partial charge in [-0.3, -0.25) is 4.90 Å². The summed E-state index contributed by atoms with van der Waals surface area (Å²) in [5.74, 6) is -1.16. The van der Waals surface area contributed by atoms with Crippen molar-refractivity contribution in [3.8, 4) is 0 Å². The van der Waals surface area contributed by atoms with Crippen LogP contribution in [0.3, 0.4) is 0 Å². The second-order valence-corrected chi connectivity index (χ2v) is 7.19. The van der Waals surface area contributed by atoms with Gasteiger partial charge in [0.1, 0.15) is 18.2 Å². The zero-order valence-corrected chi connectivity index (χ0v) is 15.3. The molecule has 2 aliphatic rings. The van der Waals surface area contributed by atoms with Gasteiger partial charge in [0, 0.05) is 6.07 Å². The smallest absolute Gasteiger partial charge is 0.411 e. The highest BCUT2D eigenvalue weighted by molar-refractivity contribution is 5.69. The van der Waals surface area contributed by atoms with Gasteiger partial charge < -0.3 is 9.47 Å². The summed E-state index contributed by atoms with van der Waals surface area (Å²) < 4.78 is 38.0. The number of ether oxygens (including phenoxy) is 2. The molecule has 4 nitrogen and oxygen atoms in total. The third-order valence-corrected chi connectivity index (χ3v) is 5.04. The molecular formula is C22H21F2NO3. The summed E-state index contributed by atoms with van der Waals surface area (Å²) in [6.45, 7) is 1.03. The van der Waals surface area contributed by atoms with Gasteiger partial charge in [-0.2, -0.15) is 0 Å². The number of amides is 1. The van der Waals surface area contributed by atoms with Crippen molar-refractivity contribution in [2.75, 3.05) is 13.2 Å². The first-order chi connectivity index (χ1) is 13.6. The molecule has 0 N–H and O–H groups in total. The molecule has 2 bridgehead atoms. The second-order valence-electron chi connectivity index (χ2n) is 7.19. The van der Waals surface area contributed by atoms with Crippen LogP contribution in [0.1, 0.15) is 17.5 Å². The van der Waals surface area contributed by atoms with Crippen LogP contribution in [-0.4, -0.2) is 36.3 Å². The predicted molar refractivity (Wildman–Crippen MR) is 99.6 cm³/mol. The zero-order valence-electron chi connectivity index (χ0n) is 15.3. The Bertz CT molecular complexity index is 864. The summed E-state index contributed by atoms with van der Waals surface area (Å²) in [5.41, 5.74) is 2.57. The molecule has 4 rings (SSSR count). The number of carbonyl (C=O) groups excluding carboxylic acids is 1. The fourth-order valence-electron chi connectivity index (χ4n) is 3.87. The van der Waals surface area contributed by atoms with Crippen LogP contribution >= 0.6 is 0 Å². The highest BCUT2D eigenvalue weighted by atomic mass is 19.1. The van der Waals surface area contributed by atoms with Gasteiger partial charge in [-0.1, -0.05) is 42.0 Å². The van der Waals surface area contributed by atoms with E-state index in [1.54, 1.807) is 4.90 Å². The Morgan fingerprint density at radius 1 is 1.07 bits per heavy atom. The van der Waals surface area contributed by atoms with Crippen molar-refractivity contribution >= 4 is 6.09 Å². The number of rotatable bonds is 4. The van der Waals surface area contributed by atoms with Gasteiger partial charge in [-0.25, -0.2) is 13.6 Å². The maximum Gasteiger partial charge on any atom is 0.411 e. The fraction of sp³-hybridized carbons (Fsp3) is 0.318. The molecule has 2 atom stereocenters. The summed E-state index contributed by atoms with van der Waals surface area (Å²) >= 11 is 0. The molecule has 1 amide bonds. The molecule has 0 radical (unpaired) electrons. The molecule has 146 valence electrons. The van der Waals surface area contributed by atoms with E-state index in [4.69, 9.17) is 9.47 Å². The molecule has 1 saturated heterocycles. The lowest BCUT2D eigenvalue weighted by Gasteiger charge is -2.43. The highest BCUT2D eigenvalue weighted by Crippen LogP contribution is 2.30. The van der Waals surface area contributed by atoms with Gasteiger partial charge in [0.15, 0.2) is 0 Å². The minimum Gasteiger partial charge on any atom is -0.445 e. The molecule has 0 spiro atoms. The van der Waals surface area contributed by atoms with E-state index in [0.717, 1.165) is 17.2 Å². The number of fused-ring (bicyclic) bond motifs is 2. The second kappa shape index (κ2) is 8.10. The molecule has 28 heavy (non-hydrogen) atoms. The van der Waals surface area contributed by atoms with E-state index in [1.165, 1.54) is 12.1 Å². The lowest BCUT2D eigenvalue weighted by molar-refractivity contribution is -0.0374. The molecule has 0 aromatic heterocycles. The predicted octanol–water partition coefficient (Wildman–Crippen LogP) is 4.24. The molecule has 1 fully saturated rings. The maximum absolute atomic E-state index is 13.5. The SMILES string of the molecule is O=C(OCc1ccccc1)N1C2C=C(Cc3cc(F)cc(F)c3)CC1COC2. The topological polar surface area (TPSA) is 38.8 Å². The Morgan fingerprint density at radius 2 is 1.82 bits per heavy atom. The number of benzene rings is 2. The molecule has 0 saturated carbocycles. The van der Waals surface area contributed by atoms with E-state index < -0.39 is 11.6 Å². The minimum atomic E-state index is -0.582. The summed E-state index contributed by atoms with van der Waals surface area (Å²) in [4.78, 5) is 14.4. The standard InChI is InChI=1S/C22H21F2NO3/c23-18-7-16(8-19(24)11-18)6-17-9-20-13-27-14-21(10-17)25(20)22(26)28-12-15-4-2-1-3-5-15/h1-5,7-9,11,20-21H,6,10,12-14H2. The molecule has 6 heteroatoms. The van der Waals surface area contributed by atoms with Crippen molar-refractivity contribution in [1.29, 1.82) is 0 Å². The summed E-state index contributed by atoms with van der Waals surface area (Å²) in [5, 5.41) is 0. The van der Waals surface area contributed by atoms with Gasteiger partial charge in [-0.05, 0) is 36.1 Å². The molecular weight excluding hydrogens is 364 g/mol. The van der Waals surface area contributed by atoms with E-state index in [9.17, 15) is 13.6 Å². The average molecular weight is 385 g/mol. The third kappa shape index (κ3) is 4.22. The van der Waals surface area contributed by atoms with Crippen molar-refractivity contribution in [2.45, 2.75) is 31.5 Å². The number of hydrogen-bond acceptors (Lipinski definition) is 3. The van der Waals surface area contributed by atoms with Crippen LogP contribution in [-0.2, 0) is 22.5 Å². The van der Waals surface area contributed by atoms with Crippen LogP contribution in [0.2, 0.25) is 0 Å². The minimum absolute atomic E-state index is 0.138. The zero-order chi connectivity index (χ0) is 19.5. The van der Waals surface area contributed by atoms with Crippen molar-refractivity contribution in [3.05, 3.63) is 82.9 Å². The van der Waals surface area contributed by atoms with Crippen LogP contribution in [0.4, 0.5) is 13.6 Å². The summed E-state index contributed by atoms with van der Waals surface area (Å²) in [6, 6.07) is 12.7. The van der Waals surface area contributed by atoms with Crippen LogP contribution in [0.15, 0.2) is 60.2 Å². The Labute approximate surface area is 162 Å². The fourth-order valence-corrected chi connectivity index (χ4v) is 3.87. The highest BCUT2D eigenvalue weighted by Gasteiger charge is 2.38. The monoisotopic (exact) mass is 385 g/mol. The Hall–Kier alpha value is -2.73. The van der Waals surface area contributed by atoms with Crippen molar-refractivity contribution in [3.63, 3.8) is 0 Å². The molecule has 2 unspecified atom stereocenters. The molecule has 2 heterocycles. The van der Waals surface area contributed by atoms with E-state index >= 15 is 0 Å². The molecule has 2 aliphatic heterocycles. The quantitative estimate of drug-likeness (QED) is 0.739. The Balaban J connectivity index is 1.45. The van der Waals surface area contributed by atoms with Crippen LogP contribution in [0, 0.1) is 11.6 Å². The van der Waals surface area contributed by atoms with E-state index in [1.807, 2.05) is 36.4 Å². The lowest BCUT2D eigenvalue weighted by atomic mass is 9.90. The number of halogens is 2. The molecule has 2 aromatic carbocycles. The van der Waals surface area contributed by atoms with Crippen molar-refractivity contribution < 1.29 is 23.0 Å². The first-order valence-corrected chi connectivity index (χ1v) is 9.30. The van der Waals surface area contributed by atoms with E-state index in [0.29, 0.717) is 31.6 Å². The van der Waals surface area contributed by atoms with Gasteiger partial charge >= 0.3 is 6.09 Å². The average Bonchev–Trinajstić information content (AvgIpc) is 2.65. The van der Waals surface area contributed by atoms with Gasteiger partial charge in [-0.15, -0.1) is 0 Å². The Kier molecular flexibility index (Phi) is 5.39. The first kappa shape index (κ1) is 18.6. The van der Waals surface area contributed by atoms with Crippen molar-refractivity contribution in [2.24, 2.45) is 0 Å². The first-order valence-electron chi connectivity index (χ1n) is 9.30. The van der Waals surface area contributed by atoms with E-state index in [2.05, 4.69) is 0 Å². The number of carbonyl (C=O) groups is 1. The number of nitrogens with zero attached hydrogens (tertiary/aromatic N) is 1. The normalized spacial score (nSPS) is 21.2. The van der Waals surface area contributed by atoms with Crippen LogP contribution < -0.4 is 0 Å². The summed E-state index contributed by atoms with van der Waals surface area (Å²) in [7, 11) is 0. The van der Waals surface area contributed by atoms with Gasteiger partial charge in [0.05, 0.1) is 25.3 Å². The molecule has 2 aromatic rings. The summed E-state index contributed by atoms with van der Waals surface area (Å²) in [6.07, 6.45) is 2.64. The maximum atomic E-state index is 13.5. The van der Waals surface area contributed by atoms with Crippen LogP contribution in [0.5, 0.6) is 0 Å². The lowest BCUT2D eigenvalue weighted by Crippen LogP contribution is -2.56. The number of hydrogen-bond donors (Lipinski definition) is 0. The van der Waals surface area contributed by atoms with Gasteiger partial charge in [0.2, 0.25) is 0 Å². The molecule has 0 aliphatic carbocycles. The number of morpholine rings is 1.